The minimum atomic E-state index is -0.759. The molecule has 2 rings (SSSR count). The third kappa shape index (κ3) is 3.25. The fourth-order valence-corrected chi connectivity index (χ4v) is 3.63. The minimum Gasteiger partial charge on any atom is -0.481 e. The first-order valence-corrected chi connectivity index (χ1v) is 7.82. The molecule has 2 saturated heterocycles. The third-order valence-corrected chi connectivity index (χ3v) is 4.73. The van der Waals surface area contributed by atoms with Crippen molar-refractivity contribution in [2.75, 3.05) is 13.1 Å². The molecule has 0 spiro atoms. The van der Waals surface area contributed by atoms with E-state index in [1.807, 2.05) is 9.80 Å². The molecule has 0 saturated carbocycles. The fourth-order valence-electron chi connectivity index (χ4n) is 3.63. The Kier molecular flexibility index (Phi) is 4.89. The van der Waals surface area contributed by atoms with Crippen LogP contribution in [-0.4, -0.2) is 52.1 Å². The maximum Gasteiger partial charge on any atom is 0.320 e. The molecule has 5 heteroatoms. The predicted octanol–water partition coefficient (Wildman–Crippen LogP) is 2.56. The molecule has 2 fully saturated rings. The van der Waals surface area contributed by atoms with Crippen LogP contribution >= 0.6 is 0 Å². The van der Waals surface area contributed by atoms with E-state index in [2.05, 4.69) is 13.8 Å². The zero-order valence-electron chi connectivity index (χ0n) is 12.5. The zero-order chi connectivity index (χ0) is 14.7. The number of amides is 2. The van der Waals surface area contributed by atoms with Gasteiger partial charge in [-0.2, -0.15) is 0 Å². The molecular formula is C15H26N2O3. The molecule has 0 aromatic carbocycles. The summed E-state index contributed by atoms with van der Waals surface area (Å²) in [6, 6.07) is 0.793. The molecule has 0 radical (unpaired) electrons. The molecule has 2 heterocycles. The normalized spacial score (nSPS) is 30.6. The summed E-state index contributed by atoms with van der Waals surface area (Å²) in [5.74, 6) is -0.645. The van der Waals surface area contributed by atoms with Gasteiger partial charge in [0.1, 0.15) is 0 Å². The maximum absolute atomic E-state index is 12.7. The van der Waals surface area contributed by atoms with E-state index in [-0.39, 0.29) is 18.4 Å². The van der Waals surface area contributed by atoms with Crippen LogP contribution in [0.4, 0.5) is 4.79 Å². The molecule has 0 aromatic rings. The number of carboxylic acids is 1. The average molecular weight is 282 g/mol. The Morgan fingerprint density at radius 3 is 2.65 bits per heavy atom. The molecule has 0 aliphatic carbocycles. The second-order valence-corrected chi connectivity index (χ2v) is 6.23. The van der Waals surface area contributed by atoms with Gasteiger partial charge in [0, 0.05) is 31.6 Å². The summed E-state index contributed by atoms with van der Waals surface area (Å²) in [5.41, 5.74) is 0. The van der Waals surface area contributed by atoms with Crippen molar-refractivity contribution in [1.82, 2.24) is 9.80 Å². The van der Waals surface area contributed by atoms with Crippen molar-refractivity contribution in [3.05, 3.63) is 0 Å². The molecular weight excluding hydrogens is 256 g/mol. The van der Waals surface area contributed by atoms with E-state index >= 15 is 0 Å². The number of likely N-dealkylation sites (tertiary alicyclic amines) is 2. The molecule has 2 amide bonds. The minimum absolute atomic E-state index is 0.114. The van der Waals surface area contributed by atoms with Gasteiger partial charge in [-0.25, -0.2) is 4.79 Å². The van der Waals surface area contributed by atoms with Gasteiger partial charge in [0.25, 0.3) is 0 Å². The van der Waals surface area contributed by atoms with E-state index in [0.29, 0.717) is 18.6 Å². The largest absolute Gasteiger partial charge is 0.481 e. The Morgan fingerprint density at radius 1 is 1.25 bits per heavy atom. The molecule has 20 heavy (non-hydrogen) atoms. The molecule has 3 unspecified atom stereocenters. The summed E-state index contributed by atoms with van der Waals surface area (Å²) in [5, 5.41) is 8.91. The molecule has 0 aromatic heterocycles. The third-order valence-electron chi connectivity index (χ3n) is 4.73. The highest BCUT2D eigenvalue weighted by Crippen LogP contribution is 2.29. The quantitative estimate of drug-likeness (QED) is 0.865. The molecule has 1 N–H and O–H groups in total. The van der Waals surface area contributed by atoms with Crippen molar-refractivity contribution in [3.63, 3.8) is 0 Å². The van der Waals surface area contributed by atoms with Gasteiger partial charge in [0.15, 0.2) is 0 Å². The number of carboxylic acid groups (broad SMARTS) is 1. The number of rotatable bonds is 3. The van der Waals surface area contributed by atoms with E-state index in [1.165, 1.54) is 0 Å². The van der Waals surface area contributed by atoms with E-state index in [9.17, 15) is 9.59 Å². The summed E-state index contributed by atoms with van der Waals surface area (Å²) >= 11 is 0. The zero-order valence-corrected chi connectivity index (χ0v) is 12.5. The maximum atomic E-state index is 12.7. The van der Waals surface area contributed by atoms with Gasteiger partial charge < -0.3 is 14.9 Å². The van der Waals surface area contributed by atoms with Crippen LogP contribution in [0.25, 0.3) is 0 Å². The van der Waals surface area contributed by atoms with E-state index < -0.39 is 5.97 Å². The molecule has 114 valence electrons. The van der Waals surface area contributed by atoms with Crippen LogP contribution in [0.15, 0.2) is 0 Å². The molecule has 0 bridgehead atoms. The number of urea groups is 1. The number of aliphatic carboxylic acids is 1. The van der Waals surface area contributed by atoms with E-state index in [1.54, 1.807) is 0 Å². The lowest BCUT2D eigenvalue weighted by molar-refractivity contribution is -0.138. The van der Waals surface area contributed by atoms with Gasteiger partial charge in [0.2, 0.25) is 0 Å². The van der Waals surface area contributed by atoms with Crippen molar-refractivity contribution in [2.24, 2.45) is 5.92 Å². The van der Waals surface area contributed by atoms with Crippen LogP contribution < -0.4 is 0 Å². The Labute approximate surface area is 120 Å². The van der Waals surface area contributed by atoms with Gasteiger partial charge in [-0.15, -0.1) is 0 Å². The van der Waals surface area contributed by atoms with Crippen LogP contribution in [0.3, 0.4) is 0 Å². The van der Waals surface area contributed by atoms with Gasteiger partial charge in [0.05, 0.1) is 0 Å². The second kappa shape index (κ2) is 6.46. The topological polar surface area (TPSA) is 60.9 Å². The Balaban J connectivity index is 1.99. The lowest BCUT2D eigenvalue weighted by atomic mass is 9.95. The number of carbonyl (C=O) groups is 2. The number of nitrogens with zero attached hydrogens (tertiary/aromatic N) is 2. The van der Waals surface area contributed by atoms with Crippen molar-refractivity contribution >= 4 is 12.0 Å². The Bertz CT molecular complexity index is 372. The Morgan fingerprint density at radius 2 is 2.00 bits per heavy atom. The summed E-state index contributed by atoms with van der Waals surface area (Å²) in [6.07, 6.45) is 5.19. The first-order chi connectivity index (χ1) is 9.52. The van der Waals surface area contributed by atoms with Gasteiger partial charge in [-0.3, -0.25) is 4.79 Å². The lowest BCUT2D eigenvalue weighted by Gasteiger charge is -2.38. The highest BCUT2D eigenvalue weighted by atomic mass is 16.4. The van der Waals surface area contributed by atoms with Crippen LogP contribution in [-0.2, 0) is 4.79 Å². The molecule has 5 nitrogen and oxygen atoms in total. The van der Waals surface area contributed by atoms with Gasteiger partial charge >= 0.3 is 12.0 Å². The summed E-state index contributed by atoms with van der Waals surface area (Å²) < 4.78 is 0. The van der Waals surface area contributed by atoms with Crippen LogP contribution in [0.1, 0.15) is 52.4 Å². The average Bonchev–Trinajstić information content (AvgIpc) is 2.78. The number of carbonyl (C=O) groups excluding carboxylic acids is 1. The van der Waals surface area contributed by atoms with Gasteiger partial charge in [-0.05, 0) is 44.9 Å². The number of hydrogen-bond donors (Lipinski definition) is 1. The van der Waals surface area contributed by atoms with Crippen LogP contribution in [0, 0.1) is 5.92 Å². The van der Waals surface area contributed by atoms with E-state index in [4.69, 9.17) is 5.11 Å². The number of piperidine rings is 1. The molecule has 2 aliphatic rings. The highest BCUT2D eigenvalue weighted by molar-refractivity contribution is 5.76. The first-order valence-electron chi connectivity index (χ1n) is 7.82. The summed E-state index contributed by atoms with van der Waals surface area (Å²) in [4.78, 5) is 27.5. The monoisotopic (exact) mass is 282 g/mol. The summed E-state index contributed by atoms with van der Waals surface area (Å²) in [7, 11) is 0. The second-order valence-electron chi connectivity index (χ2n) is 6.23. The lowest BCUT2D eigenvalue weighted by Crippen LogP contribution is -2.51. The van der Waals surface area contributed by atoms with Crippen LogP contribution in [0.5, 0.6) is 0 Å². The Hall–Kier alpha value is -1.26. The standard InChI is InChI=1S/C15H26N2O3/c1-3-13-7-6-11(2)17(13)15(20)16-8-4-5-12(10-16)9-14(18)19/h11-13H,3-10H2,1-2H3,(H,18,19). The highest BCUT2D eigenvalue weighted by Gasteiger charge is 2.37. The van der Waals surface area contributed by atoms with Crippen molar-refractivity contribution in [3.8, 4) is 0 Å². The first kappa shape index (κ1) is 15.1. The van der Waals surface area contributed by atoms with Crippen molar-refractivity contribution in [2.45, 2.75) is 64.5 Å². The smallest absolute Gasteiger partial charge is 0.320 e. The fraction of sp³-hybridized carbons (Fsp3) is 0.867. The van der Waals surface area contributed by atoms with Crippen LogP contribution in [0.2, 0.25) is 0 Å². The predicted molar refractivity (Wildman–Crippen MR) is 76.6 cm³/mol. The molecule has 3 atom stereocenters. The number of hydrogen-bond acceptors (Lipinski definition) is 2. The van der Waals surface area contributed by atoms with E-state index in [0.717, 1.165) is 38.6 Å². The SMILES string of the molecule is CCC1CCC(C)N1C(=O)N1CCCC(CC(=O)O)C1. The molecule has 2 aliphatic heterocycles. The van der Waals surface area contributed by atoms with Gasteiger partial charge in [-0.1, -0.05) is 6.92 Å². The van der Waals surface area contributed by atoms with Crippen molar-refractivity contribution in [1.29, 1.82) is 0 Å². The van der Waals surface area contributed by atoms with Crippen molar-refractivity contribution < 1.29 is 14.7 Å². The summed E-state index contributed by atoms with van der Waals surface area (Å²) in [6.45, 7) is 5.62.